The van der Waals surface area contributed by atoms with E-state index in [1.165, 1.54) is 4.31 Å². The van der Waals surface area contributed by atoms with E-state index in [1.807, 2.05) is 4.90 Å². The van der Waals surface area contributed by atoms with E-state index in [4.69, 9.17) is 0 Å². The largest absolute Gasteiger partial charge is 0.341 e. The molecule has 3 atom stereocenters. The molecule has 0 aromatic heterocycles. The summed E-state index contributed by atoms with van der Waals surface area (Å²) in [5, 5.41) is 3.45. The third-order valence-electron chi connectivity index (χ3n) is 6.17. The molecule has 3 aliphatic rings. The van der Waals surface area contributed by atoms with Gasteiger partial charge in [-0.05, 0) is 62.7 Å². The molecule has 1 N–H and O–H groups in total. The van der Waals surface area contributed by atoms with Crippen molar-refractivity contribution in [2.45, 2.75) is 36.6 Å². The van der Waals surface area contributed by atoms with Crippen molar-refractivity contribution in [3.8, 4) is 0 Å². The lowest BCUT2D eigenvalue weighted by Crippen LogP contribution is -2.48. The molecule has 3 saturated heterocycles. The Balaban J connectivity index is 1.50. The van der Waals surface area contributed by atoms with Gasteiger partial charge < -0.3 is 10.2 Å². The van der Waals surface area contributed by atoms with E-state index >= 15 is 0 Å². The Hall–Kier alpha value is -1.44. The number of sulfonamides is 1. The normalized spacial score (nSPS) is 30.2. The molecular formula is C19H27N3O3S. The summed E-state index contributed by atoms with van der Waals surface area (Å²) < 4.78 is 27.4. The summed E-state index contributed by atoms with van der Waals surface area (Å²) in [5.74, 6) is 1.30. The van der Waals surface area contributed by atoms with Crippen LogP contribution in [0.2, 0.25) is 0 Å². The van der Waals surface area contributed by atoms with Crippen LogP contribution >= 0.6 is 0 Å². The number of hydrogen-bond donors (Lipinski definition) is 1. The minimum Gasteiger partial charge on any atom is -0.341 e. The SMILES string of the molecule is O=C(C1CCCN1S(=O)(=O)c1ccccc1)N1CC[C@@H]2CNC[C@@H]2CC1. The van der Waals surface area contributed by atoms with Crippen LogP contribution in [0.3, 0.4) is 0 Å². The molecule has 3 heterocycles. The second-order valence-electron chi connectivity index (χ2n) is 7.67. The summed E-state index contributed by atoms with van der Waals surface area (Å²) in [6.07, 6.45) is 3.39. The average molecular weight is 378 g/mol. The van der Waals surface area contributed by atoms with E-state index in [1.54, 1.807) is 30.3 Å². The van der Waals surface area contributed by atoms with Gasteiger partial charge in [-0.15, -0.1) is 0 Å². The van der Waals surface area contributed by atoms with E-state index in [9.17, 15) is 13.2 Å². The molecule has 142 valence electrons. The summed E-state index contributed by atoms with van der Waals surface area (Å²) in [4.78, 5) is 15.4. The number of nitrogens with one attached hydrogen (secondary N) is 1. The van der Waals surface area contributed by atoms with E-state index < -0.39 is 16.1 Å². The van der Waals surface area contributed by atoms with E-state index in [0.717, 1.165) is 45.4 Å². The van der Waals surface area contributed by atoms with Crippen molar-refractivity contribution < 1.29 is 13.2 Å². The number of carbonyl (C=O) groups excluding carboxylic acids is 1. The van der Waals surface area contributed by atoms with Crippen molar-refractivity contribution in [2.75, 3.05) is 32.7 Å². The van der Waals surface area contributed by atoms with Gasteiger partial charge in [0.1, 0.15) is 6.04 Å². The van der Waals surface area contributed by atoms with Gasteiger partial charge in [-0.2, -0.15) is 4.31 Å². The summed E-state index contributed by atoms with van der Waals surface area (Å²) in [5.41, 5.74) is 0. The van der Waals surface area contributed by atoms with Gasteiger partial charge in [-0.3, -0.25) is 4.79 Å². The highest BCUT2D eigenvalue weighted by atomic mass is 32.2. The number of likely N-dealkylation sites (tertiary alicyclic amines) is 1. The Labute approximate surface area is 155 Å². The van der Waals surface area contributed by atoms with Gasteiger partial charge in [0.25, 0.3) is 0 Å². The Morgan fingerprint density at radius 3 is 2.27 bits per heavy atom. The predicted octanol–water partition coefficient (Wildman–Crippen LogP) is 1.30. The molecule has 0 radical (unpaired) electrons. The lowest BCUT2D eigenvalue weighted by atomic mass is 9.92. The van der Waals surface area contributed by atoms with E-state index in [0.29, 0.717) is 24.8 Å². The van der Waals surface area contributed by atoms with Gasteiger partial charge in [0.05, 0.1) is 4.90 Å². The molecule has 3 aliphatic heterocycles. The quantitative estimate of drug-likeness (QED) is 0.862. The lowest BCUT2D eigenvalue weighted by molar-refractivity contribution is -0.134. The molecule has 3 fully saturated rings. The second kappa shape index (κ2) is 7.29. The number of fused-ring (bicyclic) bond motifs is 1. The monoisotopic (exact) mass is 377 g/mol. The first kappa shape index (κ1) is 17.9. The topological polar surface area (TPSA) is 69.7 Å². The highest BCUT2D eigenvalue weighted by molar-refractivity contribution is 7.89. The average Bonchev–Trinajstić information content (AvgIpc) is 3.28. The summed E-state index contributed by atoms with van der Waals surface area (Å²) in [6, 6.07) is 7.92. The van der Waals surface area contributed by atoms with Crippen LogP contribution in [0.5, 0.6) is 0 Å². The van der Waals surface area contributed by atoms with Crippen molar-refractivity contribution in [1.29, 1.82) is 0 Å². The smallest absolute Gasteiger partial charge is 0.243 e. The first-order chi connectivity index (χ1) is 12.6. The molecule has 0 saturated carbocycles. The number of nitrogens with zero attached hydrogens (tertiary/aromatic N) is 2. The Bertz CT molecular complexity index is 739. The maximum Gasteiger partial charge on any atom is 0.243 e. The van der Waals surface area contributed by atoms with Crippen molar-refractivity contribution >= 4 is 15.9 Å². The minimum absolute atomic E-state index is 0.00469. The Morgan fingerprint density at radius 1 is 0.962 bits per heavy atom. The van der Waals surface area contributed by atoms with Crippen LogP contribution in [0.25, 0.3) is 0 Å². The lowest BCUT2D eigenvalue weighted by Gasteiger charge is -2.29. The summed E-state index contributed by atoms with van der Waals surface area (Å²) in [6.45, 7) is 4.01. The molecule has 6 nitrogen and oxygen atoms in total. The van der Waals surface area contributed by atoms with Crippen LogP contribution in [0.15, 0.2) is 35.2 Å². The molecule has 1 amide bonds. The molecular weight excluding hydrogens is 350 g/mol. The van der Waals surface area contributed by atoms with E-state index in [-0.39, 0.29) is 10.8 Å². The Kier molecular flexibility index (Phi) is 5.03. The molecule has 0 bridgehead atoms. The third kappa shape index (κ3) is 3.28. The fourth-order valence-electron chi connectivity index (χ4n) is 4.65. The molecule has 1 aromatic carbocycles. The van der Waals surface area contributed by atoms with Crippen molar-refractivity contribution in [2.24, 2.45) is 11.8 Å². The van der Waals surface area contributed by atoms with Gasteiger partial charge >= 0.3 is 0 Å². The van der Waals surface area contributed by atoms with Crippen molar-refractivity contribution in [1.82, 2.24) is 14.5 Å². The molecule has 1 aromatic rings. The van der Waals surface area contributed by atoms with Crippen LogP contribution in [0, 0.1) is 11.8 Å². The maximum absolute atomic E-state index is 13.2. The van der Waals surface area contributed by atoms with Crippen LogP contribution in [-0.4, -0.2) is 62.3 Å². The van der Waals surface area contributed by atoms with Gasteiger partial charge in [-0.1, -0.05) is 18.2 Å². The zero-order chi connectivity index (χ0) is 18.1. The highest BCUT2D eigenvalue weighted by Gasteiger charge is 2.42. The van der Waals surface area contributed by atoms with Gasteiger partial charge in [0, 0.05) is 19.6 Å². The second-order valence-corrected chi connectivity index (χ2v) is 9.56. The van der Waals surface area contributed by atoms with Crippen molar-refractivity contribution in [3.05, 3.63) is 30.3 Å². The number of amides is 1. The molecule has 7 heteroatoms. The standard InChI is InChI=1S/C19H27N3O3S/c23-19(21-11-8-15-13-20-14-16(15)9-12-21)18-7-4-10-22(18)26(24,25)17-5-2-1-3-6-17/h1-3,5-6,15-16,18,20H,4,7-14H2/t15-,16+,18?. The maximum atomic E-state index is 13.2. The van der Waals surface area contributed by atoms with Crippen LogP contribution < -0.4 is 5.32 Å². The number of benzene rings is 1. The van der Waals surface area contributed by atoms with Gasteiger partial charge in [0.15, 0.2) is 0 Å². The molecule has 0 aliphatic carbocycles. The van der Waals surface area contributed by atoms with Gasteiger partial charge in [-0.25, -0.2) is 8.42 Å². The molecule has 0 spiro atoms. The van der Waals surface area contributed by atoms with Crippen molar-refractivity contribution in [3.63, 3.8) is 0 Å². The molecule has 4 rings (SSSR count). The van der Waals surface area contributed by atoms with E-state index in [2.05, 4.69) is 5.32 Å². The highest BCUT2D eigenvalue weighted by Crippen LogP contribution is 2.30. The van der Waals surface area contributed by atoms with Crippen LogP contribution in [0.4, 0.5) is 0 Å². The fraction of sp³-hybridized carbons (Fsp3) is 0.632. The van der Waals surface area contributed by atoms with Crippen LogP contribution in [0.1, 0.15) is 25.7 Å². The molecule has 26 heavy (non-hydrogen) atoms. The number of hydrogen-bond acceptors (Lipinski definition) is 4. The summed E-state index contributed by atoms with van der Waals surface area (Å²) in [7, 11) is -3.62. The predicted molar refractivity (Wildman–Crippen MR) is 99.0 cm³/mol. The first-order valence-corrected chi connectivity index (χ1v) is 11.1. The Morgan fingerprint density at radius 2 is 1.62 bits per heavy atom. The third-order valence-corrected chi connectivity index (χ3v) is 8.09. The number of carbonyl (C=O) groups is 1. The van der Waals surface area contributed by atoms with Gasteiger partial charge in [0.2, 0.25) is 15.9 Å². The zero-order valence-corrected chi connectivity index (χ0v) is 15.8. The first-order valence-electron chi connectivity index (χ1n) is 9.64. The fourth-order valence-corrected chi connectivity index (χ4v) is 6.32. The summed E-state index contributed by atoms with van der Waals surface area (Å²) >= 11 is 0. The number of rotatable bonds is 3. The van der Waals surface area contributed by atoms with Crippen LogP contribution in [-0.2, 0) is 14.8 Å². The minimum atomic E-state index is -3.62. The zero-order valence-electron chi connectivity index (χ0n) is 15.0. The molecule has 1 unspecified atom stereocenters.